The van der Waals surface area contributed by atoms with Crippen LogP contribution in [0.5, 0.6) is 11.5 Å². The van der Waals surface area contributed by atoms with Crippen molar-refractivity contribution in [1.29, 1.82) is 0 Å². The highest BCUT2D eigenvalue weighted by Crippen LogP contribution is 2.35. The van der Waals surface area contributed by atoms with Gasteiger partial charge in [0, 0.05) is 39.2 Å². The molecule has 1 aromatic carbocycles. The Morgan fingerprint density at radius 1 is 1.17 bits per heavy atom. The van der Waals surface area contributed by atoms with Gasteiger partial charge in [0.25, 0.3) is 0 Å². The lowest BCUT2D eigenvalue weighted by Gasteiger charge is -2.31. The van der Waals surface area contributed by atoms with Gasteiger partial charge in [0.1, 0.15) is 0 Å². The highest BCUT2D eigenvalue weighted by atomic mass is 32.2. The number of carbonyl (C=O) groups is 1. The van der Waals surface area contributed by atoms with Crippen LogP contribution in [0.3, 0.4) is 0 Å². The zero-order valence-corrected chi connectivity index (χ0v) is 14.0. The van der Waals surface area contributed by atoms with E-state index in [1.54, 1.807) is 25.1 Å². The summed E-state index contributed by atoms with van der Waals surface area (Å²) in [6.07, 6.45) is 1.08. The average Bonchev–Trinajstić information content (AvgIpc) is 3.01. The standard InChI is InChI=1S/C15H20N2O5S/c1-16(2)15(18)11-5-7-17(8-6-11)23(19,20)12-3-4-13-14(9-12)22-10-21-13/h3-4,9,11H,5-8,10H2,1-2H3. The number of hydrogen-bond donors (Lipinski definition) is 0. The van der Waals surface area contributed by atoms with Crippen molar-refractivity contribution < 1.29 is 22.7 Å². The topological polar surface area (TPSA) is 76.2 Å². The van der Waals surface area contributed by atoms with E-state index in [0.717, 1.165) is 0 Å². The fourth-order valence-electron chi connectivity index (χ4n) is 2.89. The van der Waals surface area contributed by atoms with Gasteiger partial charge in [0.2, 0.25) is 22.7 Å². The first kappa shape index (κ1) is 16.1. The summed E-state index contributed by atoms with van der Waals surface area (Å²) in [5.74, 6) is 0.960. The summed E-state index contributed by atoms with van der Waals surface area (Å²) < 4.78 is 37.3. The molecular formula is C15H20N2O5S. The third-order valence-corrected chi connectivity index (χ3v) is 6.12. The van der Waals surface area contributed by atoms with Gasteiger partial charge >= 0.3 is 0 Å². The van der Waals surface area contributed by atoms with Crippen molar-refractivity contribution in [3.8, 4) is 11.5 Å². The van der Waals surface area contributed by atoms with Crippen molar-refractivity contribution in [2.45, 2.75) is 17.7 Å². The average molecular weight is 340 g/mol. The predicted octanol–water partition coefficient (Wildman–Crippen LogP) is 0.904. The number of piperidine rings is 1. The van der Waals surface area contributed by atoms with Crippen LogP contribution in [-0.2, 0) is 14.8 Å². The Hall–Kier alpha value is -1.80. The van der Waals surface area contributed by atoms with Gasteiger partial charge in [-0.3, -0.25) is 4.79 Å². The molecule has 2 heterocycles. The zero-order valence-electron chi connectivity index (χ0n) is 13.2. The smallest absolute Gasteiger partial charge is 0.243 e. The highest BCUT2D eigenvalue weighted by molar-refractivity contribution is 7.89. The van der Waals surface area contributed by atoms with Gasteiger partial charge < -0.3 is 14.4 Å². The molecule has 0 aliphatic carbocycles. The Balaban J connectivity index is 1.73. The second kappa shape index (κ2) is 6.01. The molecule has 2 aliphatic heterocycles. The molecule has 0 bridgehead atoms. The number of ether oxygens (including phenoxy) is 2. The van der Waals surface area contributed by atoms with Crippen molar-refractivity contribution in [1.82, 2.24) is 9.21 Å². The number of benzene rings is 1. The summed E-state index contributed by atoms with van der Waals surface area (Å²) >= 11 is 0. The fraction of sp³-hybridized carbons (Fsp3) is 0.533. The molecule has 0 spiro atoms. The summed E-state index contributed by atoms with van der Waals surface area (Å²) in [6, 6.07) is 4.63. The molecule has 0 aromatic heterocycles. The molecule has 0 unspecified atom stereocenters. The van der Waals surface area contributed by atoms with Crippen LogP contribution in [0, 0.1) is 5.92 Å². The second-order valence-corrected chi connectivity index (χ2v) is 7.86. The summed E-state index contributed by atoms with van der Waals surface area (Å²) in [7, 11) is -0.140. The van der Waals surface area contributed by atoms with Crippen molar-refractivity contribution in [3.05, 3.63) is 18.2 Å². The molecule has 1 saturated heterocycles. The summed E-state index contributed by atoms with van der Waals surface area (Å²) in [5.41, 5.74) is 0. The van der Waals surface area contributed by atoms with Crippen LogP contribution in [0.1, 0.15) is 12.8 Å². The molecule has 1 fully saturated rings. The number of rotatable bonds is 3. The van der Waals surface area contributed by atoms with E-state index < -0.39 is 10.0 Å². The van der Waals surface area contributed by atoms with Gasteiger partial charge in [0.05, 0.1) is 4.90 Å². The Morgan fingerprint density at radius 3 is 2.48 bits per heavy atom. The van der Waals surface area contributed by atoms with Gasteiger partial charge in [-0.25, -0.2) is 8.42 Å². The minimum Gasteiger partial charge on any atom is -0.454 e. The number of fused-ring (bicyclic) bond motifs is 1. The molecular weight excluding hydrogens is 320 g/mol. The Bertz CT molecular complexity index is 709. The number of amides is 1. The summed E-state index contributed by atoms with van der Waals surface area (Å²) in [5, 5.41) is 0. The molecule has 0 radical (unpaired) electrons. The van der Waals surface area contributed by atoms with Crippen LogP contribution < -0.4 is 9.47 Å². The minimum absolute atomic E-state index is 0.0603. The summed E-state index contributed by atoms with van der Waals surface area (Å²) in [4.78, 5) is 13.7. The lowest BCUT2D eigenvalue weighted by molar-refractivity contribution is -0.134. The van der Waals surface area contributed by atoms with Crippen LogP contribution in [0.2, 0.25) is 0 Å². The maximum Gasteiger partial charge on any atom is 0.243 e. The van der Waals surface area contributed by atoms with Gasteiger partial charge in [-0.15, -0.1) is 0 Å². The first-order valence-electron chi connectivity index (χ1n) is 7.50. The summed E-state index contributed by atoms with van der Waals surface area (Å²) in [6.45, 7) is 0.804. The lowest BCUT2D eigenvalue weighted by Crippen LogP contribution is -2.42. The molecule has 0 saturated carbocycles. The molecule has 126 valence electrons. The third-order valence-electron chi connectivity index (χ3n) is 4.23. The third kappa shape index (κ3) is 3.00. The lowest BCUT2D eigenvalue weighted by atomic mass is 9.97. The van der Waals surface area contributed by atoms with Gasteiger partial charge in [0.15, 0.2) is 11.5 Å². The molecule has 1 amide bonds. The molecule has 23 heavy (non-hydrogen) atoms. The normalized spacial score (nSPS) is 18.9. The Labute approximate surface area is 135 Å². The molecule has 3 rings (SSSR count). The van der Waals surface area contributed by atoms with Crippen molar-refractivity contribution in [2.75, 3.05) is 34.0 Å². The second-order valence-electron chi connectivity index (χ2n) is 5.93. The highest BCUT2D eigenvalue weighted by Gasteiger charge is 2.33. The van der Waals surface area contributed by atoms with Crippen LogP contribution >= 0.6 is 0 Å². The predicted molar refractivity (Wildman–Crippen MR) is 82.7 cm³/mol. The van der Waals surface area contributed by atoms with E-state index in [-0.39, 0.29) is 23.5 Å². The van der Waals surface area contributed by atoms with Crippen LogP contribution in [0.25, 0.3) is 0 Å². The first-order valence-corrected chi connectivity index (χ1v) is 8.94. The number of carbonyl (C=O) groups excluding carboxylic acids is 1. The van der Waals surface area contributed by atoms with E-state index in [9.17, 15) is 13.2 Å². The van der Waals surface area contributed by atoms with Gasteiger partial charge in [-0.1, -0.05) is 0 Å². The number of sulfonamides is 1. The van der Waals surface area contributed by atoms with E-state index in [0.29, 0.717) is 37.4 Å². The fourth-order valence-corrected chi connectivity index (χ4v) is 4.38. The van der Waals surface area contributed by atoms with E-state index in [1.807, 2.05) is 0 Å². The van der Waals surface area contributed by atoms with Crippen LogP contribution in [0.4, 0.5) is 0 Å². The molecule has 0 atom stereocenters. The monoisotopic (exact) mass is 340 g/mol. The van der Waals surface area contributed by atoms with E-state index >= 15 is 0 Å². The van der Waals surface area contributed by atoms with E-state index in [2.05, 4.69) is 0 Å². The quantitative estimate of drug-likeness (QED) is 0.817. The first-order chi connectivity index (χ1) is 10.9. The molecule has 8 heteroatoms. The van der Waals surface area contributed by atoms with Crippen LogP contribution in [0.15, 0.2) is 23.1 Å². The maximum atomic E-state index is 12.7. The van der Waals surface area contributed by atoms with Gasteiger partial charge in [-0.05, 0) is 25.0 Å². The molecule has 7 nitrogen and oxygen atoms in total. The molecule has 0 N–H and O–H groups in total. The number of hydrogen-bond acceptors (Lipinski definition) is 5. The van der Waals surface area contributed by atoms with Crippen molar-refractivity contribution in [2.24, 2.45) is 5.92 Å². The maximum absolute atomic E-state index is 12.7. The zero-order chi connectivity index (χ0) is 16.6. The van der Waals surface area contributed by atoms with E-state index in [1.165, 1.54) is 16.4 Å². The van der Waals surface area contributed by atoms with Crippen LogP contribution in [-0.4, -0.2) is 57.5 Å². The minimum atomic E-state index is -3.58. The van der Waals surface area contributed by atoms with Crippen molar-refractivity contribution >= 4 is 15.9 Å². The van der Waals surface area contributed by atoms with Crippen molar-refractivity contribution in [3.63, 3.8) is 0 Å². The molecule has 1 aromatic rings. The largest absolute Gasteiger partial charge is 0.454 e. The molecule has 2 aliphatic rings. The number of nitrogens with zero attached hydrogens (tertiary/aromatic N) is 2. The van der Waals surface area contributed by atoms with Gasteiger partial charge in [-0.2, -0.15) is 4.31 Å². The van der Waals surface area contributed by atoms with E-state index in [4.69, 9.17) is 9.47 Å². The SMILES string of the molecule is CN(C)C(=O)C1CCN(S(=O)(=O)c2ccc3c(c2)OCO3)CC1. The Kier molecular flexibility index (Phi) is 4.20. The Morgan fingerprint density at radius 2 is 1.83 bits per heavy atom.